The van der Waals surface area contributed by atoms with Gasteiger partial charge >= 0.3 is 0 Å². The van der Waals surface area contributed by atoms with E-state index in [1.54, 1.807) is 19.0 Å². The Morgan fingerprint density at radius 1 is 1.18 bits per heavy atom. The van der Waals surface area contributed by atoms with Crippen LogP contribution in [0.4, 0.5) is 0 Å². The Labute approximate surface area is 174 Å². The van der Waals surface area contributed by atoms with E-state index in [0.717, 1.165) is 38.2 Å². The molecule has 1 unspecified atom stereocenters. The van der Waals surface area contributed by atoms with Crippen molar-refractivity contribution in [1.82, 2.24) is 15.5 Å². The van der Waals surface area contributed by atoms with Crippen LogP contribution < -0.4 is 10.6 Å². The van der Waals surface area contributed by atoms with Crippen molar-refractivity contribution < 1.29 is 4.79 Å². The summed E-state index contributed by atoms with van der Waals surface area (Å²) in [5.74, 6) is 2.04. The zero-order valence-corrected chi connectivity index (χ0v) is 18.5. The summed E-state index contributed by atoms with van der Waals surface area (Å²) >= 11 is 1.92. The lowest BCUT2D eigenvalue weighted by Crippen LogP contribution is -2.46. The first-order chi connectivity index (χ1) is 13.6. The lowest BCUT2D eigenvalue weighted by Gasteiger charge is -2.27. The largest absolute Gasteiger partial charge is 0.356 e. The van der Waals surface area contributed by atoms with Gasteiger partial charge in [0.25, 0.3) is 0 Å². The molecule has 0 fully saturated rings. The van der Waals surface area contributed by atoms with Crippen LogP contribution in [0.1, 0.15) is 43.2 Å². The van der Waals surface area contributed by atoms with E-state index in [0.29, 0.717) is 6.04 Å². The molecular formula is C22H36N4OS. The van der Waals surface area contributed by atoms with Crippen molar-refractivity contribution in [2.75, 3.05) is 39.2 Å². The highest BCUT2D eigenvalue weighted by Crippen LogP contribution is 2.20. The minimum Gasteiger partial charge on any atom is -0.356 e. The van der Waals surface area contributed by atoms with Gasteiger partial charge in [0.2, 0.25) is 5.91 Å². The number of thioether (sulfide) groups is 1. The molecule has 0 radical (unpaired) electrons. The maximum atomic E-state index is 11.9. The van der Waals surface area contributed by atoms with Gasteiger partial charge in [-0.3, -0.25) is 4.79 Å². The number of rotatable bonds is 10. The lowest BCUT2D eigenvalue weighted by atomic mass is 9.88. The van der Waals surface area contributed by atoms with Crippen LogP contribution in [0.15, 0.2) is 29.3 Å². The molecule has 0 aliphatic heterocycles. The number of likely N-dealkylation sites (N-methyl/N-ethyl adjacent to an activating group) is 1. The molecule has 6 heteroatoms. The lowest BCUT2D eigenvalue weighted by molar-refractivity contribution is -0.127. The summed E-state index contributed by atoms with van der Waals surface area (Å²) in [4.78, 5) is 18.1. The number of hydrogen-bond donors (Lipinski definition) is 2. The van der Waals surface area contributed by atoms with Crippen LogP contribution in [0.3, 0.4) is 0 Å². The van der Waals surface area contributed by atoms with Gasteiger partial charge in [-0.1, -0.05) is 37.1 Å². The molecule has 1 aliphatic carbocycles. The first-order valence-electron chi connectivity index (χ1n) is 10.4. The number of carbonyl (C=O) groups excluding carboxylic acids is 1. The van der Waals surface area contributed by atoms with E-state index in [9.17, 15) is 4.79 Å². The zero-order valence-electron chi connectivity index (χ0n) is 17.7. The molecule has 0 saturated carbocycles. The summed E-state index contributed by atoms with van der Waals surface area (Å²) in [5, 5.41) is 7.01. The fourth-order valence-corrected chi connectivity index (χ4v) is 3.88. The van der Waals surface area contributed by atoms with Crippen LogP contribution >= 0.6 is 11.8 Å². The van der Waals surface area contributed by atoms with E-state index in [1.807, 2.05) is 11.8 Å². The van der Waals surface area contributed by atoms with Gasteiger partial charge in [-0.25, -0.2) is 4.99 Å². The molecule has 2 rings (SSSR count). The van der Waals surface area contributed by atoms with Gasteiger partial charge in [-0.05, 0) is 55.2 Å². The maximum Gasteiger partial charge on any atom is 0.243 e. The van der Waals surface area contributed by atoms with Crippen LogP contribution in [0.25, 0.3) is 0 Å². The van der Waals surface area contributed by atoms with Crippen molar-refractivity contribution in [2.45, 2.75) is 51.0 Å². The van der Waals surface area contributed by atoms with Gasteiger partial charge in [-0.2, -0.15) is 11.8 Å². The van der Waals surface area contributed by atoms with E-state index in [1.165, 1.54) is 36.1 Å². The molecule has 156 valence electrons. The fourth-order valence-electron chi connectivity index (χ4n) is 3.39. The summed E-state index contributed by atoms with van der Waals surface area (Å²) < 4.78 is 0. The topological polar surface area (TPSA) is 56.7 Å². The highest BCUT2D eigenvalue weighted by Gasteiger charge is 2.19. The second-order valence-corrected chi connectivity index (χ2v) is 8.63. The van der Waals surface area contributed by atoms with Gasteiger partial charge in [0.15, 0.2) is 5.96 Å². The molecule has 5 nitrogen and oxygen atoms in total. The predicted octanol–water partition coefficient (Wildman–Crippen LogP) is 3.09. The first-order valence-corrected chi connectivity index (χ1v) is 11.8. The smallest absolute Gasteiger partial charge is 0.243 e. The molecule has 1 amide bonds. The molecule has 1 aliphatic rings. The van der Waals surface area contributed by atoms with E-state index < -0.39 is 0 Å². The molecule has 28 heavy (non-hydrogen) atoms. The molecule has 0 spiro atoms. The minimum absolute atomic E-state index is 0.0205. The van der Waals surface area contributed by atoms with E-state index in [-0.39, 0.29) is 12.5 Å². The minimum atomic E-state index is 0.0205. The van der Waals surface area contributed by atoms with Crippen LogP contribution in [0.5, 0.6) is 0 Å². The summed E-state index contributed by atoms with van der Waals surface area (Å²) in [6.07, 6.45) is 10.3. The number of unbranched alkanes of at least 4 members (excludes halogenated alkanes) is 3. The van der Waals surface area contributed by atoms with Crippen LogP contribution in [-0.4, -0.2) is 62.0 Å². The van der Waals surface area contributed by atoms with Crippen molar-refractivity contribution in [1.29, 1.82) is 0 Å². The van der Waals surface area contributed by atoms with Crippen LogP contribution in [-0.2, 0) is 17.6 Å². The summed E-state index contributed by atoms with van der Waals surface area (Å²) in [6.45, 7) is 1.07. The third-order valence-electron chi connectivity index (χ3n) is 5.13. The molecule has 0 heterocycles. The quantitative estimate of drug-likeness (QED) is 0.357. The van der Waals surface area contributed by atoms with Crippen molar-refractivity contribution in [3.8, 4) is 0 Å². The second kappa shape index (κ2) is 12.7. The first kappa shape index (κ1) is 22.6. The summed E-state index contributed by atoms with van der Waals surface area (Å²) in [7, 11) is 3.54. The summed E-state index contributed by atoms with van der Waals surface area (Å²) in [6, 6.07) is 9.04. The van der Waals surface area contributed by atoms with E-state index in [2.05, 4.69) is 46.1 Å². The van der Waals surface area contributed by atoms with Gasteiger partial charge in [0.05, 0.1) is 0 Å². The molecule has 0 saturated heterocycles. The van der Waals surface area contributed by atoms with Crippen LogP contribution in [0, 0.1) is 0 Å². The Morgan fingerprint density at radius 2 is 1.93 bits per heavy atom. The predicted molar refractivity (Wildman–Crippen MR) is 121 cm³/mol. The number of aryl methyl sites for hydroxylation is 1. The fraction of sp³-hybridized carbons (Fsp3) is 0.636. The molecule has 1 aromatic carbocycles. The van der Waals surface area contributed by atoms with E-state index in [4.69, 9.17) is 0 Å². The Balaban J connectivity index is 1.85. The molecule has 2 N–H and O–H groups in total. The summed E-state index contributed by atoms with van der Waals surface area (Å²) in [5.41, 5.74) is 2.88. The Hall–Kier alpha value is -1.69. The number of aliphatic imine (C=N–C) groups is 1. The zero-order chi connectivity index (χ0) is 20.2. The second-order valence-electron chi connectivity index (χ2n) is 7.64. The van der Waals surface area contributed by atoms with Gasteiger partial charge < -0.3 is 15.5 Å². The number of carbonyl (C=O) groups is 1. The monoisotopic (exact) mass is 404 g/mol. The average molecular weight is 405 g/mol. The molecule has 0 aromatic heterocycles. The standard InChI is InChI=1S/C22H36N4OS/c1-26(2)21(27)17-24-22(23-14-8-4-5-9-15-28-3)25-20-13-12-18-10-6-7-11-19(18)16-20/h6-7,10-11,20H,4-5,8-9,12-17H2,1-3H3,(H2,23,24,25). The van der Waals surface area contributed by atoms with Crippen molar-refractivity contribution >= 4 is 23.6 Å². The van der Waals surface area contributed by atoms with Crippen molar-refractivity contribution in [3.63, 3.8) is 0 Å². The normalized spacial score (nSPS) is 16.4. The maximum absolute atomic E-state index is 11.9. The van der Waals surface area contributed by atoms with Gasteiger partial charge in [-0.15, -0.1) is 0 Å². The number of amides is 1. The Bertz CT molecular complexity index is 633. The molecule has 1 atom stereocenters. The number of nitrogens with zero attached hydrogens (tertiary/aromatic N) is 2. The Kier molecular flexibility index (Phi) is 10.3. The average Bonchev–Trinajstić information content (AvgIpc) is 2.70. The van der Waals surface area contributed by atoms with Gasteiger partial charge in [0.1, 0.15) is 6.54 Å². The van der Waals surface area contributed by atoms with Crippen molar-refractivity contribution in [2.24, 2.45) is 4.99 Å². The number of nitrogens with one attached hydrogen (secondary N) is 2. The number of fused-ring (bicyclic) bond motifs is 1. The van der Waals surface area contributed by atoms with E-state index >= 15 is 0 Å². The molecule has 1 aromatic rings. The number of benzene rings is 1. The number of guanidine groups is 1. The Morgan fingerprint density at radius 3 is 2.68 bits per heavy atom. The van der Waals surface area contributed by atoms with Crippen molar-refractivity contribution in [3.05, 3.63) is 35.4 Å². The molecular weight excluding hydrogens is 368 g/mol. The SMILES string of the molecule is CSCCCCCCNC(=NCC(=O)N(C)C)NC1CCc2ccccc2C1. The third kappa shape index (κ3) is 8.13. The van der Waals surface area contributed by atoms with Gasteiger partial charge in [0, 0.05) is 26.7 Å². The molecule has 0 bridgehead atoms. The highest BCUT2D eigenvalue weighted by atomic mass is 32.2. The third-order valence-corrected chi connectivity index (χ3v) is 5.82. The highest BCUT2D eigenvalue weighted by molar-refractivity contribution is 7.98. The number of hydrogen-bond acceptors (Lipinski definition) is 3. The van der Waals surface area contributed by atoms with Crippen LogP contribution in [0.2, 0.25) is 0 Å².